The van der Waals surface area contributed by atoms with Gasteiger partial charge in [0.05, 0.1) is 6.61 Å². The Bertz CT molecular complexity index is 623. The first kappa shape index (κ1) is 25.7. The van der Waals surface area contributed by atoms with Crippen molar-refractivity contribution in [1.29, 1.82) is 0 Å². The van der Waals surface area contributed by atoms with E-state index < -0.39 is 17.7 Å². The normalized spacial score (nSPS) is 21.6. The fraction of sp³-hybridized carbons (Fsp3) is 0.727. The number of hydrogen-bond acceptors (Lipinski definition) is 5. The van der Waals surface area contributed by atoms with Crippen molar-refractivity contribution >= 4 is 23.9 Å². The summed E-state index contributed by atoms with van der Waals surface area (Å²) in [4.78, 5) is 41.8. The maximum atomic E-state index is 12.3. The minimum absolute atomic E-state index is 0.0213. The summed E-state index contributed by atoms with van der Waals surface area (Å²) in [6, 6.07) is 0. The van der Waals surface area contributed by atoms with Crippen LogP contribution in [0.15, 0.2) is 17.1 Å². The van der Waals surface area contributed by atoms with Crippen LogP contribution in [0.1, 0.15) is 78.6 Å². The summed E-state index contributed by atoms with van der Waals surface area (Å²) in [5.74, 6) is -0.726. The van der Waals surface area contributed by atoms with Crippen LogP contribution in [0.2, 0.25) is 0 Å². The second-order valence-corrected chi connectivity index (χ2v) is 8.46. The van der Waals surface area contributed by atoms with Crippen LogP contribution in [0.25, 0.3) is 0 Å². The van der Waals surface area contributed by atoms with E-state index >= 15 is 0 Å². The Morgan fingerprint density at radius 2 is 1.70 bits per heavy atom. The predicted octanol–water partition coefficient (Wildman–Crippen LogP) is 3.95. The molecule has 0 saturated heterocycles. The van der Waals surface area contributed by atoms with E-state index in [-0.39, 0.29) is 18.4 Å². The molecule has 1 aliphatic rings. The van der Waals surface area contributed by atoms with Gasteiger partial charge in [0.2, 0.25) is 11.9 Å². The van der Waals surface area contributed by atoms with Gasteiger partial charge < -0.3 is 14.4 Å². The number of ether oxygens (including phenoxy) is 2. The van der Waals surface area contributed by atoms with E-state index in [2.05, 4.69) is 22.5 Å². The quantitative estimate of drug-likeness (QED) is 0.468. The molecule has 0 spiro atoms. The standard InChI is InChI=1S/C22H37N3O5/c1-22(2,3)30-21(28)24-20-23-18(26)15-13-11-9-7-5-6-8-10-12-14-16-29-19(27)17-25(20)4/h8,10H,5-7,9,11-17H2,1-4H3,(H,23,24,26,28)/b10-8+. The summed E-state index contributed by atoms with van der Waals surface area (Å²) in [7, 11) is 1.57. The monoisotopic (exact) mass is 423 g/mol. The molecule has 170 valence electrons. The van der Waals surface area contributed by atoms with Gasteiger partial charge in [-0.15, -0.1) is 4.99 Å². The number of likely N-dealkylation sites (N-methyl/N-ethyl adjacent to an activating group) is 1. The lowest BCUT2D eigenvalue weighted by molar-refractivity contribution is -0.144. The average Bonchev–Trinajstić information content (AvgIpc) is 2.62. The number of cyclic esters (lactones) is 1. The van der Waals surface area contributed by atoms with Crippen molar-refractivity contribution in [2.75, 3.05) is 20.2 Å². The van der Waals surface area contributed by atoms with Gasteiger partial charge in [0.15, 0.2) is 0 Å². The average molecular weight is 424 g/mol. The van der Waals surface area contributed by atoms with Gasteiger partial charge in [0.25, 0.3) is 0 Å². The molecule has 2 amide bonds. The maximum absolute atomic E-state index is 12.3. The Kier molecular flexibility index (Phi) is 11.8. The number of aliphatic imine (C=N–C) groups is 1. The molecule has 0 radical (unpaired) electrons. The van der Waals surface area contributed by atoms with E-state index in [0.29, 0.717) is 13.0 Å². The van der Waals surface area contributed by atoms with Gasteiger partial charge in [0, 0.05) is 13.5 Å². The number of rotatable bonds is 0. The van der Waals surface area contributed by atoms with E-state index in [0.717, 1.165) is 51.4 Å². The van der Waals surface area contributed by atoms with Crippen molar-refractivity contribution in [3.8, 4) is 0 Å². The van der Waals surface area contributed by atoms with Crippen molar-refractivity contribution < 1.29 is 23.9 Å². The molecule has 1 heterocycles. The number of nitrogens with one attached hydrogen (secondary N) is 1. The molecule has 8 nitrogen and oxygen atoms in total. The zero-order chi connectivity index (χ0) is 22.4. The predicted molar refractivity (Wildman–Crippen MR) is 116 cm³/mol. The zero-order valence-electron chi connectivity index (χ0n) is 18.9. The third-order valence-corrected chi connectivity index (χ3v) is 4.29. The second kappa shape index (κ2) is 13.8. The molecule has 30 heavy (non-hydrogen) atoms. The van der Waals surface area contributed by atoms with Gasteiger partial charge in [-0.2, -0.15) is 0 Å². The van der Waals surface area contributed by atoms with Gasteiger partial charge in [-0.05, 0) is 52.9 Å². The van der Waals surface area contributed by atoms with Crippen LogP contribution in [-0.4, -0.2) is 54.6 Å². The number of carbonyl (C=O) groups is 3. The Hall–Kier alpha value is -2.38. The highest BCUT2D eigenvalue weighted by molar-refractivity contribution is 6.01. The topological polar surface area (TPSA) is 97.3 Å². The zero-order valence-corrected chi connectivity index (χ0v) is 18.9. The number of carbonyl (C=O) groups excluding carboxylic acids is 3. The molecule has 1 N–H and O–H groups in total. The van der Waals surface area contributed by atoms with Crippen molar-refractivity contribution in [2.24, 2.45) is 4.99 Å². The van der Waals surface area contributed by atoms with E-state index in [1.807, 2.05) is 0 Å². The van der Waals surface area contributed by atoms with Crippen LogP contribution in [0, 0.1) is 0 Å². The van der Waals surface area contributed by atoms with Crippen molar-refractivity contribution in [2.45, 2.75) is 84.2 Å². The summed E-state index contributed by atoms with van der Waals surface area (Å²) in [5, 5.41) is 2.64. The Morgan fingerprint density at radius 1 is 1.07 bits per heavy atom. The summed E-state index contributed by atoms with van der Waals surface area (Å²) in [6.07, 6.45) is 11.6. The smallest absolute Gasteiger partial charge is 0.437 e. The Balaban J connectivity index is 2.82. The molecule has 0 bridgehead atoms. The summed E-state index contributed by atoms with van der Waals surface area (Å²) in [5.41, 5.74) is -0.717. The third-order valence-electron chi connectivity index (χ3n) is 4.29. The van der Waals surface area contributed by atoms with Crippen LogP contribution in [-0.2, 0) is 19.1 Å². The molecule has 0 saturated carbocycles. The summed E-state index contributed by atoms with van der Waals surface area (Å²) >= 11 is 0. The lowest BCUT2D eigenvalue weighted by Gasteiger charge is -2.22. The summed E-state index contributed by atoms with van der Waals surface area (Å²) < 4.78 is 10.4. The number of esters is 1. The van der Waals surface area contributed by atoms with Gasteiger partial charge in [-0.1, -0.05) is 31.4 Å². The van der Waals surface area contributed by atoms with E-state index in [9.17, 15) is 14.4 Å². The highest BCUT2D eigenvalue weighted by Crippen LogP contribution is 2.10. The first-order chi connectivity index (χ1) is 14.2. The van der Waals surface area contributed by atoms with Gasteiger partial charge in [-0.25, -0.2) is 4.79 Å². The largest absolute Gasteiger partial charge is 0.464 e. The highest BCUT2D eigenvalue weighted by Gasteiger charge is 2.20. The molecule has 1 rings (SSSR count). The molecular formula is C22H37N3O5. The molecule has 0 aliphatic carbocycles. The minimum atomic E-state index is -0.830. The fourth-order valence-electron chi connectivity index (χ4n) is 2.78. The Morgan fingerprint density at radius 3 is 2.40 bits per heavy atom. The van der Waals surface area contributed by atoms with E-state index in [1.165, 1.54) is 4.90 Å². The molecule has 0 aromatic heterocycles. The number of nitrogens with zero attached hydrogens (tertiary/aromatic N) is 2. The highest BCUT2D eigenvalue weighted by atomic mass is 16.6. The van der Waals surface area contributed by atoms with Crippen molar-refractivity contribution in [3.63, 3.8) is 0 Å². The first-order valence-electron chi connectivity index (χ1n) is 10.8. The lowest BCUT2D eigenvalue weighted by atomic mass is 10.1. The van der Waals surface area contributed by atoms with Crippen molar-refractivity contribution in [1.82, 2.24) is 10.2 Å². The van der Waals surface area contributed by atoms with E-state index in [4.69, 9.17) is 9.47 Å². The van der Waals surface area contributed by atoms with Crippen LogP contribution < -0.4 is 5.32 Å². The molecule has 0 atom stereocenters. The number of hydrogen-bond donors (Lipinski definition) is 1. The first-order valence-corrected chi connectivity index (χ1v) is 10.8. The van der Waals surface area contributed by atoms with E-state index in [1.54, 1.807) is 27.8 Å². The molecular weight excluding hydrogens is 386 g/mol. The van der Waals surface area contributed by atoms with Crippen LogP contribution >= 0.6 is 0 Å². The van der Waals surface area contributed by atoms with Gasteiger partial charge in [0.1, 0.15) is 12.1 Å². The van der Waals surface area contributed by atoms with Gasteiger partial charge in [-0.3, -0.25) is 14.9 Å². The van der Waals surface area contributed by atoms with Crippen molar-refractivity contribution in [3.05, 3.63) is 12.2 Å². The minimum Gasteiger partial charge on any atom is -0.464 e. The molecule has 0 unspecified atom stereocenters. The van der Waals surface area contributed by atoms with Crippen LogP contribution in [0.4, 0.5) is 4.79 Å². The molecule has 8 heteroatoms. The molecule has 0 aromatic rings. The molecule has 1 aliphatic heterocycles. The number of amides is 2. The maximum Gasteiger partial charge on any atom is 0.437 e. The second-order valence-electron chi connectivity index (χ2n) is 8.46. The fourth-order valence-corrected chi connectivity index (χ4v) is 2.78. The number of guanidine groups is 1. The lowest BCUT2D eigenvalue weighted by Crippen LogP contribution is -2.45. The van der Waals surface area contributed by atoms with Crippen LogP contribution in [0.5, 0.6) is 0 Å². The van der Waals surface area contributed by atoms with Crippen LogP contribution in [0.3, 0.4) is 0 Å². The molecule has 0 fully saturated rings. The Labute approximate surface area is 180 Å². The number of allylic oxidation sites excluding steroid dienone is 2. The third kappa shape index (κ3) is 13.0. The van der Waals surface area contributed by atoms with Gasteiger partial charge >= 0.3 is 12.1 Å². The summed E-state index contributed by atoms with van der Waals surface area (Å²) in [6.45, 7) is 5.36. The molecule has 0 aromatic carbocycles. The SMILES string of the molecule is CN1CC(=O)OCCC/C=C/CCCCCCCC(=O)NC1=NC(=O)OC(C)(C)C.